The van der Waals surface area contributed by atoms with Gasteiger partial charge in [0.25, 0.3) is 5.91 Å². The monoisotopic (exact) mass is 970 g/mol. The van der Waals surface area contributed by atoms with Crippen molar-refractivity contribution < 1.29 is 83.4 Å². The molecule has 0 unspecified atom stereocenters. The van der Waals surface area contributed by atoms with Gasteiger partial charge in [-0.1, -0.05) is 0 Å². The second-order valence-electron chi connectivity index (χ2n) is 15.2. The first kappa shape index (κ1) is 54.5. The zero-order valence-corrected chi connectivity index (χ0v) is 36.6. The first-order valence-corrected chi connectivity index (χ1v) is 20.6. The number of carbonyl (C=O) groups is 11. The second-order valence-corrected chi connectivity index (χ2v) is 15.2. The standard InChI is InChI=1S/C40H50N12O17/c1-52(17-19-16-43-33-31(44-19)32(41)50-40(42)51-33)20-4-2-18(3-5-20)34(63)45-21(6-11-26(53)54)35(64)46-22(7-12-27(55)56)36(65)47-23(8-13-28(57)58)37(66)48-24(9-14-29(59)60)38(67)49-25(39(68)69)10-15-30(61)62/h2-5,16,21-25H,6-15,17H2,1H3,(H,45,63)(H,46,64)(H,47,65)(H,48,66)(H,49,67)(H,53,54)(H,55,56)(H,57,58)(H,59,60)(H,61,62)(H,68,69)(H4,41,42,43,50,51)/t21-,22-,23-,24-,25-/m0/s1. The Bertz CT molecular complexity index is 2440. The molecule has 0 bridgehead atoms. The molecule has 0 aliphatic heterocycles. The summed E-state index contributed by atoms with van der Waals surface area (Å²) in [5.41, 5.74) is 13.0. The summed E-state index contributed by atoms with van der Waals surface area (Å²) < 4.78 is 0. The molecule has 372 valence electrons. The average molecular weight is 971 g/mol. The van der Waals surface area contributed by atoms with Crippen molar-refractivity contribution in [1.29, 1.82) is 0 Å². The van der Waals surface area contributed by atoms with Crippen molar-refractivity contribution in [3.63, 3.8) is 0 Å². The van der Waals surface area contributed by atoms with Crippen molar-refractivity contribution >= 4 is 94.0 Å². The number of nitrogens with two attached hydrogens (primary N) is 2. The first-order chi connectivity index (χ1) is 32.4. The number of amides is 5. The van der Waals surface area contributed by atoms with Gasteiger partial charge in [-0.05, 0) is 56.4 Å². The molecule has 2 aromatic heterocycles. The van der Waals surface area contributed by atoms with Crippen molar-refractivity contribution in [2.45, 2.75) is 101 Å². The van der Waals surface area contributed by atoms with Crippen molar-refractivity contribution in [2.24, 2.45) is 0 Å². The van der Waals surface area contributed by atoms with E-state index in [1.807, 2.05) is 5.32 Å². The van der Waals surface area contributed by atoms with Crippen LogP contribution in [0.5, 0.6) is 0 Å². The van der Waals surface area contributed by atoms with Gasteiger partial charge in [-0.25, -0.2) is 14.8 Å². The van der Waals surface area contributed by atoms with Gasteiger partial charge in [-0.2, -0.15) is 9.97 Å². The number of aromatic nitrogens is 4. The Labute approximate surface area is 389 Å². The largest absolute Gasteiger partial charge is 0.481 e. The Kier molecular flexibility index (Phi) is 20.4. The molecule has 5 amide bonds. The zero-order chi connectivity index (χ0) is 51.5. The summed E-state index contributed by atoms with van der Waals surface area (Å²) in [6.45, 7) is 0.203. The van der Waals surface area contributed by atoms with E-state index in [-0.39, 0.29) is 35.0 Å². The molecular formula is C40H50N12O17. The molecular weight excluding hydrogens is 921 g/mol. The third-order valence-corrected chi connectivity index (χ3v) is 9.84. The van der Waals surface area contributed by atoms with Gasteiger partial charge in [0.05, 0.1) is 18.4 Å². The van der Waals surface area contributed by atoms with Crippen LogP contribution in [0.2, 0.25) is 0 Å². The lowest BCUT2D eigenvalue weighted by Crippen LogP contribution is -2.59. The Morgan fingerprint density at radius 2 is 0.913 bits per heavy atom. The summed E-state index contributed by atoms with van der Waals surface area (Å²) in [4.78, 5) is 155. The second kappa shape index (κ2) is 25.8. The molecule has 3 rings (SSSR count). The molecule has 0 aliphatic rings. The Morgan fingerprint density at radius 1 is 0.536 bits per heavy atom. The number of rotatable bonds is 29. The van der Waals surface area contributed by atoms with Crippen molar-refractivity contribution in [3.8, 4) is 0 Å². The predicted molar refractivity (Wildman–Crippen MR) is 233 cm³/mol. The number of nitrogen functional groups attached to an aromatic ring is 2. The average Bonchev–Trinajstić information content (AvgIpc) is 3.27. The number of benzene rings is 1. The number of anilines is 3. The summed E-state index contributed by atoms with van der Waals surface area (Å²) in [6, 6.07) is -3.18. The van der Waals surface area contributed by atoms with E-state index in [0.717, 1.165) is 0 Å². The normalized spacial score (nSPS) is 13.0. The number of carboxylic acid groups (broad SMARTS) is 6. The third kappa shape index (κ3) is 18.2. The van der Waals surface area contributed by atoms with Gasteiger partial charge >= 0.3 is 35.8 Å². The molecule has 69 heavy (non-hydrogen) atoms. The van der Waals surface area contributed by atoms with Crippen LogP contribution in [0.15, 0.2) is 30.5 Å². The maximum atomic E-state index is 13.7. The van der Waals surface area contributed by atoms with E-state index in [1.165, 1.54) is 18.3 Å². The molecule has 1 aromatic carbocycles. The number of fused-ring (bicyclic) bond motifs is 1. The zero-order valence-electron chi connectivity index (χ0n) is 36.6. The number of carboxylic acids is 6. The fourth-order valence-electron chi connectivity index (χ4n) is 6.26. The van der Waals surface area contributed by atoms with Crippen LogP contribution in [0, 0.1) is 0 Å². The molecule has 3 aromatic rings. The summed E-state index contributed by atoms with van der Waals surface area (Å²) >= 11 is 0. The lowest BCUT2D eigenvalue weighted by Gasteiger charge is -2.26. The van der Waals surface area contributed by atoms with E-state index >= 15 is 0 Å². The van der Waals surface area contributed by atoms with Gasteiger partial charge in [-0.3, -0.25) is 47.9 Å². The van der Waals surface area contributed by atoms with Crippen LogP contribution in [-0.4, -0.2) is 153 Å². The molecule has 29 heteroatoms. The highest BCUT2D eigenvalue weighted by atomic mass is 16.4. The van der Waals surface area contributed by atoms with Crippen molar-refractivity contribution in [3.05, 3.63) is 41.7 Å². The quantitative estimate of drug-likeness (QED) is 0.0347. The highest BCUT2D eigenvalue weighted by Gasteiger charge is 2.34. The molecule has 0 radical (unpaired) electrons. The third-order valence-electron chi connectivity index (χ3n) is 9.84. The Morgan fingerprint density at radius 3 is 1.30 bits per heavy atom. The fourth-order valence-corrected chi connectivity index (χ4v) is 6.26. The van der Waals surface area contributed by atoms with E-state index < -0.39 is 160 Å². The van der Waals surface area contributed by atoms with E-state index in [2.05, 4.69) is 41.2 Å². The van der Waals surface area contributed by atoms with Gasteiger partial charge in [0.15, 0.2) is 17.0 Å². The molecule has 0 saturated carbocycles. The van der Waals surface area contributed by atoms with Crippen LogP contribution in [0.25, 0.3) is 11.2 Å². The van der Waals surface area contributed by atoms with E-state index in [4.69, 9.17) is 16.6 Å². The van der Waals surface area contributed by atoms with Gasteiger partial charge in [0, 0.05) is 50.4 Å². The van der Waals surface area contributed by atoms with Crippen molar-refractivity contribution in [1.82, 2.24) is 46.5 Å². The van der Waals surface area contributed by atoms with Gasteiger partial charge < -0.3 is 73.6 Å². The lowest BCUT2D eigenvalue weighted by molar-refractivity contribution is -0.144. The molecule has 15 N–H and O–H groups in total. The summed E-state index contributed by atoms with van der Waals surface area (Å²) in [7, 11) is 1.71. The number of hydrogen-bond donors (Lipinski definition) is 13. The van der Waals surface area contributed by atoms with Crippen LogP contribution < -0.4 is 43.0 Å². The molecule has 0 spiro atoms. The number of nitrogens with one attached hydrogen (secondary N) is 5. The van der Waals surface area contributed by atoms with Gasteiger partial charge in [-0.15, -0.1) is 0 Å². The van der Waals surface area contributed by atoms with Crippen LogP contribution in [-0.2, 0) is 54.5 Å². The van der Waals surface area contributed by atoms with Gasteiger partial charge in [0.2, 0.25) is 29.6 Å². The number of nitrogens with zero attached hydrogens (tertiary/aromatic N) is 5. The highest BCUT2D eigenvalue weighted by molar-refractivity contribution is 5.99. The first-order valence-electron chi connectivity index (χ1n) is 20.6. The minimum Gasteiger partial charge on any atom is -0.481 e. The molecule has 29 nitrogen and oxygen atoms in total. The van der Waals surface area contributed by atoms with Gasteiger partial charge in [0.1, 0.15) is 30.2 Å². The Hall–Kier alpha value is -8.79. The molecule has 0 fully saturated rings. The summed E-state index contributed by atoms with van der Waals surface area (Å²) in [5.74, 6) is -14.8. The Balaban J connectivity index is 1.82. The minimum atomic E-state index is -1.89. The van der Waals surface area contributed by atoms with Crippen molar-refractivity contribution in [2.75, 3.05) is 23.4 Å². The lowest BCUT2D eigenvalue weighted by atomic mass is 10.0. The molecule has 0 saturated heterocycles. The highest BCUT2D eigenvalue weighted by Crippen LogP contribution is 2.19. The number of hydrogen-bond acceptors (Lipinski definition) is 18. The van der Waals surface area contributed by atoms with E-state index in [1.54, 1.807) is 24.1 Å². The van der Waals surface area contributed by atoms with Crippen LogP contribution in [0.1, 0.15) is 80.3 Å². The molecule has 5 atom stereocenters. The molecule has 0 aliphatic carbocycles. The van der Waals surface area contributed by atoms with E-state index in [0.29, 0.717) is 11.4 Å². The predicted octanol–water partition coefficient (Wildman–Crippen LogP) is -2.33. The van der Waals surface area contributed by atoms with Crippen LogP contribution >= 0.6 is 0 Å². The maximum Gasteiger partial charge on any atom is 0.326 e. The fraction of sp³-hybridized carbons (Fsp3) is 0.425. The minimum absolute atomic E-state index is 0.00480. The summed E-state index contributed by atoms with van der Waals surface area (Å²) in [6.07, 6.45) is -5.52. The summed E-state index contributed by atoms with van der Waals surface area (Å²) in [5, 5.41) is 66.7. The van der Waals surface area contributed by atoms with Crippen LogP contribution in [0.3, 0.4) is 0 Å². The van der Waals surface area contributed by atoms with E-state index in [9.17, 15) is 78.3 Å². The smallest absolute Gasteiger partial charge is 0.326 e. The topological polar surface area (TPSA) is 476 Å². The SMILES string of the molecule is CN(Cc1cnc2nc(N)nc(N)c2n1)c1ccc(C(=O)N[C@@H](CCC(=O)O)C(=O)N[C@@H](CCC(=O)O)C(=O)N[C@@H](CCC(=O)O)C(=O)N[C@@H](CCC(=O)O)C(=O)N[C@@H](CCC(=O)O)C(=O)O)cc1. The number of aliphatic carboxylic acids is 6. The van der Waals surface area contributed by atoms with Crippen LogP contribution in [0.4, 0.5) is 17.5 Å². The number of carbonyl (C=O) groups excluding carboxylic acids is 5. The maximum absolute atomic E-state index is 13.7. The molecule has 2 heterocycles.